The van der Waals surface area contributed by atoms with Gasteiger partial charge >= 0.3 is 0 Å². The Kier molecular flexibility index (Phi) is 5.47. The standard InChI is InChI=1S/C18H19N3O2S/c19-11-15-1-3-17(4-2-15)23-13-18(22)21-8-6-20(7-9-21)12-16-5-10-24-14-16/h1-5,10,14H,6-9,12-13H2/p+1. The van der Waals surface area contributed by atoms with Crippen LogP contribution in [-0.2, 0) is 11.3 Å². The second kappa shape index (κ2) is 7.95. The minimum Gasteiger partial charge on any atom is -0.484 e. The van der Waals surface area contributed by atoms with Crippen LogP contribution in [0.4, 0.5) is 0 Å². The summed E-state index contributed by atoms with van der Waals surface area (Å²) in [6.45, 7) is 4.57. The Labute approximate surface area is 145 Å². The van der Waals surface area contributed by atoms with E-state index in [1.54, 1.807) is 35.6 Å². The summed E-state index contributed by atoms with van der Waals surface area (Å²) in [7, 11) is 0. The minimum atomic E-state index is 0.0222. The lowest BCUT2D eigenvalue weighted by Gasteiger charge is -2.32. The molecule has 1 aliphatic rings. The predicted molar refractivity (Wildman–Crippen MR) is 92.0 cm³/mol. The van der Waals surface area contributed by atoms with Crippen molar-refractivity contribution >= 4 is 17.2 Å². The van der Waals surface area contributed by atoms with E-state index in [9.17, 15) is 4.79 Å². The van der Waals surface area contributed by atoms with E-state index >= 15 is 0 Å². The fraction of sp³-hybridized carbons (Fsp3) is 0.333. The summed E-state index contributed by atoms with van der Waals surface area (Å²) < 4.78 is 5.53. The van der Waals surface area contributed by atoms with Crippen LogP contribution in [0.1, 0.15) is 11.1 Å². The Balaban J connectivity index is 1.42. The highest BCUT2D eigenvalue weighted by molar-refractivity contribution is 7.07. The number of hydrogen-bond acceptors (Lipinski definition) is 4. The maximum absolute atomic E-state index is 12.3. The van der Waals surface area contributed by atoms with Gasteiger partial charge in [0.05, 0.1) is 37.8 Å². The quantitative estimate of drug-likeness (QED) is 0.879. The number of carbonyl (C=O) groups excluding carboxylic acids is 1. The van der Waals surface area contributed by atoms with Gasteiger partial charge in [0.1, 0.15) is 12.3 Å². The third-order valence-electron chi connectivity index (χ3n) is 4.20. The van der Waals surface area contributed by atoms with Gasteiger partial charge in [0.15, 0.2) is 6.61 Å². The number of nitrogens with zero attached hydrogens (tertiary/aromatic N) is 2. The minimum absolute atomic E-state index is 0.0222. The van der Waals surface area contributed by atoms with Crippen molar-refractivity contribution in [3.05, 3.63) is 52.2 Å². The van der Waals surface area contributed by atoms with Crippen molar-refractivity contribution in [1.29, 1.82) is 5.26 Å². The van der Waals surface area contributed by atoms with Crippen LogP contribution in [0.25, 0.3) is 0 Å². The van der Waals surface area contributed by atoms with Crippen LogP contribution in [0.2, 0.25) is 0 Å². The number of nitrogens with one attached hydrogen (secondary N) is 1. The second-order valence-electron chi connectivity index (χ2n) is 5.86. The molecule has 1 aromatic carbocycles. The molecule has 0 saturated carbocycles. The summed E-state index contributed by atoms with van der Waals surface area (Å²) >= 11 is 1.73. The molecule has 1 N–H and O–H groups in total. The largest absolute Gasteiger partial charge is 0.484 e. The molecule has 2 aromatic rings. The van der Waals surface area contributed by atoms with E-state index in [0.29, 0.717) is 11.3 Å². The van der Waals surface area contributed by atoms with Crippen molar-refractivity contribution in [2.24, 2.45) is 0 Å². The smallest absolute Gasteiger partial charge is 0.260 e. The van der Waals surface area contributed by atoms with Gasteiger partial charge in [0.25, 0.3) is 5.91 Å². The van der Waals surface area contributed by atoms with E-state index in [-0.39, 0.29) is 12.5 Å². The fourth-order valence-corrected chi connectivity index (χ4v) is 3.46. The SMILES string of the molecule is N#Cc1ccc(OCC(=O)N2CC[NH+](Cc3ccsc3)CC2)cc1. The van der Waals surface area contributed by atoms with E-state index in [0.717, 1.165) is 32.7 Å². The maximum Gasteiger partial charge on any atom is 0.260 e. The van der Waals surface area contributed by atoms with Crippen LogP contribution < -0.4 is 9.64 Å². The molecular weight excluding hydrogens is 322 g/mol. The molecule has 1 fully saturated rings. The Hall–Kier alpha value is -2.36. The van der Waals surface area contributed by atoms with Crippen LogP contribution in [0.5, 0.6) is 5.75 Å². The van der Waals surface area contributed by atoms with E-state index in [4.69, 9.17) is 10.00 Å². The van der Waals surface area contributed by atoms with Crippen LogP contribution in [0.15, 0.2) is 41.1 Å². The van der Waals surface area contributed by atoms with Crippen LogP contribution >= 0.6 is 11.3 Å². The lowest BCUT2D eigenvalue weighted by molar-refractivity contribution is -0.917. The topological polar surface area (TPSA) is 57.8 Å². The first-order valence-electron chi connectivity index (χ1n) is 8.00. The van der Waals surface area contributed by atoms with E-state index in [1.165, 1.54) is 10.5 Å². The number of carbonyl (C=O) groups is 1. The number of nitriles is 1. The monoisotopic (exact) mass is 342 g/mol. The van der Waals surface area contributed by atoms with Gasteiger partial charge in [-0.05, 0) is 41.1 Å². The molecule has 1 aliphatic heterocycles. The molecule has 5 nitrogen and oxygen atoms in total. The first kappa shape index (κ1) is 16.5. The Morgan fingerprint density at radius 1 is 1.25 bits per heavy atom. The molecule has 0 unspecified atom stereocenters. The van der Waals surface area contributed by atoms with Gasteiger partial charge in [-0.15, -0.1) is 0 Å². The average Bonchev–Trinajstić information content (AvgIpc) is 3.14. The summed E-state index contributed by atoms with van der Waals surface area (Å²) in [4.78, 5) is 15.7. The van der Waals surface area contributed by atoms with Crippen LogP contribution in [0, 0.1) is 11.3 Å². The van der Waals surface area contributed by atoms with Gasteiger partial charge in [0, 0.05) is 5.56 Å². The van der Waals surface area contributed by atoms with Crippen molar-refractivity contribution in [1.82, 2.24) is 4.90 Å². The Morgan fingerprint density at radius 3 is 2.62 bits per heavy atom. The first-order chi connectivity index (χ1) is 11.7. The lowest BCUT2D eigenvalue weighted by atomic mass is 10.2. The number of quaternary nitrogens is 1. The Bertz CT molecular complexity index is 699. The zero-order chi connectivity index (χ0) is 16.8. The third kappa shape index (κ3) is 4.34. The molecule has 1 aromatic heterocycles. The van der Waals surface area contributed by atoms with Gasteiger partial charge < -0.3 is 14.5 Å². The first-order valence-corrected chi connectivity index (χ1v) is 8.94. The van der Waals surface area contributed by atoms with Crippen molar-refractivity contribution in [2.45, 2.75) is 6.54 Å². The second-order valence-corrected chi connectivity index (χ2v) is 6.64. The molecular formula is C18H20N3O2S+. The highest BCUT2D eigenvalue weighted by Gasteiger charge is 2.24. The molecule has 2 heterocycles. The number of hydrogen-bond donors (Lipinski definition) is 1. The number of benzene rings is 1. The third-order valence-corrected chi connectivity index (χ3v) is 4.94. The number of piperazine rings is 1. The zero-order valence-electron chi connectivity index (χ0n) is 13.4. The molecule has 124 valence electrons. The number of thiophene rings is 1. The molecule has 24 heavy (non-hydrogen) atoms. The molecule has 0 aliphatic carbocycles. The molecule has 6 heteroatoms. The molecule has 3 rings (SSSR count). The maximum atomic E-state index is 12.3. The fourth-order valence-electron chi connectivity index (χ4n) is 2.79. The number of amides is 1. The normalized spacial score (nSPS) is 15.0. The summed E-state index contributed by atoms with van der Waals surface area (Å²) in [6, 6.07) is 11.0. The van der Waals surface area contributed by atoms with Crippen LogP contribution in [-0.4, -0.2) is 43.6 Å². The van der Waals surface area contributed by atoms with Gasteiger partial charge in [-0.25, -0.2) is 0 Å². The number of rotatable bonds is 5. The van der Waals surface area contributed by atoms with Gasteiger partial charge in [-0.1, -0.05) is 0 Å². The molecule has 0 atom stereocenters. The highest BCUT2D eigenvalue weighted by Crippen LogP contribution is 2.11. The van der Waals surface area contributed by atoms with Crippen LogP contribution in [0.3, 0.4) is 0 Å². The zero-order valence-corrected chi connectivity index (χ0v) is 14.2. The molecule has 1 saturated heterocycles. The molecule has 1 amide bonds. The summed E-state index contributed by atoms with van der Waals surface area (Å²) in [5.41, 5.74) is 1.96. The number of ether oxygens (including phenoxy) is 1. The van der Waals surface area contributed by atoms with E-state index < -0.39 is 0 Å². The molecule has 0 bridgehead atoms. The van der Waals surface area contributed by atoms with E-state index in [1.807, 2.05) is 4.90 Å². The Morgan fingerprint density at radius 2 is 2.00 bits per heavy atom. The van der Waals surface area contributed by atoms with Gasteiger partial charge in [-0.3, -0.25) is 4.79 Å². The average molecular weight is 342 g/mol. The van der Waals surface area contributed by atoms with Crippen molar-refractivity contribution in [3.8, 4) is 11.8 Å². The van der Waals surface area contributed by atoms with Crippen molar-refractivity contribution < 1.29 is 14.4 Å². The lowest BCUT2D eigenvalue weighted by Crippen LogP contribution is -3.13. The van der Waals surface area contributed by atoms with Crippen molar-refractivity contribution in [3.63, 3.8) is 0 Å². The molecule has 0 radical (unpaired) electrons. The van der Waals surface area contributed by atoms with Gasteiger partial charge in [-0.2, -0.15) is 16.6 Å². The predicted octanol–water partition coefficient (Wildman–Crippen LogP) is 0.926. The summed E-state index contributed by atoms with van der Waals surface area (Å²) in [5, 5.41) is 13.1. The highest BCUT2D eigenvalue weighted by atomic mass is 32.1. The van der Waals surface area contributed by atoms with Crippen molar-refractivity contribution in [2.75, 3.05) is 32.8 Å². The summed E-state index contributed by atoms with van der Waals surface area (Å²) in [5.74, 6) is 0.637. The van der Waals surface area contributed by atoms with E-state index in [2.05, 4.69) is 22.9 Å². The summed E-state index contributed by atoms with van der Waals surface area (Å²) in [6.07, 6.45) is 0. The van der Waals surface area contributed by atoms with Gasteiger partial charge in [0.2, 0.25) is 0 Å². The molecule has 0 spiro atoms.